The second-order valence-corrected chi connectivity index (χ2v) is 25.8. The Bertz CT molecular complexity index is 525. The molecule has 0 bridgehead atoms. The fourth-order valence-electron chi connectivity index (χ4n) is 2.13. The molecule has 0 aromatic carbocycles. The molecule has 0 unspecified atom stereocenters. The molecule has 2 aliphatic carbocycles. The smallest absolute Gasteiger partial charge is 1.00 e. The summed E-state index contributed by atoms with van der Waals surface area (Å²) in [6.45, 7) is 23.1. The van der Waals surface area contributed by atoms with Gasteiger partial charge in [0.25, 0.3) is 0 Å². The number of rotatable bonds is 2. The molecule has 0 aromatic heterocycles. The third-order valence-electron chi connectivity index (χ3n) is 3.51. The van der Waals surface area contributed by atoms with Gasteiger partial charge >= 0.3 is 38.5 Å². The van der Waals surface area contributed by atoms with Crippen LogP contribution in [-0.4, -0.2) is 22.3 Å². The van der Waals surface area contributed by atoms with Crippen molar-refractivity contribution in [1.82, 2.24) is 0 Å². The van der Waals surface area contributed by atoms with Crippen LogP contribution in [0.25, 0.3) is 0 Å². The minimum Gasteiger partial charge on any atom is -1.00 e. The van der Waals surface area contributed by atoms with Gasteiger partial charge in [-0.25, -0.2) is 22.5 Å². The van der Waals surface area contributed by atoms with E-state index in [0.29, 0.717) is 0 Å². The minimum atomic E-state index is -1.04. The molecule has 2 aliphatic rings. The molecule has 26 heavy (non-hydrogen) atoms. The SMILES string of the molecule is CC1=CC([Si](C)(C)C)=[C-]C1.CC1=CC([Si](C)(C)C)=[C-]C1.C[Si](C)=[Ti+2].[Cl-].[Cl-]. The molecular formula is C20H36Cl2Si3Ti-2. The minimum absolute atomic E-state index is 0. The second kappa shape index (κ2) is 14.0. The summed E-state index contributed by atoms with van der Waals surface area (Å²) in [6.07, 6.45) is 13.7. The van der Waals surface area contributed by atoms with Gasteiger partial charge in [-0.2, -0.15) is 11.1 Å². The van der Waals surface area contributed by atoms with E-state index in [1.165, 1.54) is 21.5 Å². The van der Waals surface area contributed by atoms with Crippen molar-refractivity contribution in [3.05, 3.63) is 45.8 Å². The molecule has 0 amide bonds. The Balaban J connectivity index is -0.000000319. The summed E-state index contributed by atoms with van der Waals surface area (Å²) >= 11 is 2.27. The predicted molar refractivity (Wildman–Crippen MR) is 114 cm³/mol. The molecule has 0 N–H and O–H groups in total. The molecule has 0 nitrogen and oxygen atoms in total. The third kappa shape index (κ3) is 14.9. The Morgan fingerprint density at radius 3 is 1.08 bits per heavy atom. The normalized spacial score (nSPS) is 15.5. The van der Waals surface area contributed by atoms with Gasteiger partial charge in [0.2, 0.25) is 0 Å². The summed E-state index contributed by atoms with van der Waals surface area (Å²) in [5.74, 6) is 0. The quantitative estimate of drug-likeness (QED) is 0.404. The van der Waals surface area contributed by atoms with Crippen LogP contribution in [0.4, 0.5) is 0 Å². The average molecular weight is 480 g/mol. The third-order valence-corrected chi connectivity index (χ3v) is 7.39. The van der Waals surface area contributed by atoms with Crippen LogP contribution in [0, 0.1) is 12.2 Å². The van der Waals surface area contributed by atoms with Crippen molar-refractivity contribution < 1.29 is 44.0 Å². The maximum absolute atomic E-state index is 3.43. The van der Waals surface area contributed by atoms with Gasteiger partial charge in [0.15, 0.2) is 0 Å². The van der Waals surface area contributed by atoms with Crippen molar-refractivity contribution in [2.45, 2.75) is 79.1 Å². The first kappa shape index (κ1) is 31.6. The second-order valence-electron chi connectivity index (χ2n) is 9.02. The van der Waals surface area contributed by atoms with E-state index in [1.807, 2.05) is 0 Å². The molecule has 6 heteroatoms. The van der Waals surface area contributed by atoms with Crippen molar-refractivity contribution >= 4 is 22.3 Å². The van der Waals surface area contributed by atoms with E-state index in [2.05, 4.69) is 110 Å². The molecule has 0 atom stereocenters. The molecule has 0 saturated carbocycles. The molecule has 2 rings (SSSR count). The van der Waals surface area contributed by atoms with E-state index in [1.54, 1.807) is 0 Å². The van der Waals surface area contributed by atoms with Gasteiger partial charge in [-0.15, -0.1) is 12.8 Å². The van der Waals surface area contributed by atoms with E-state index in [-0.39, 0.29) is 31.0 Å². The van der Waals surface area contributed by atoms with Crippen LogP contribution in [0.2, 0.25) is 52.4 Å². The molecule has 0 heterocycles. The van der Waals surface area contributed by atoms with E-state index < -0.39 is 16.1 Å². The van der Waals surface area contributed by atoms with E-state index >= 15 is 0 Å². The summed E-state index contributed by atoms with van der Waals surface area (Å²) in [5, 5.41) is 3.01. The van der Waals surface area contributed by atoms with Crippen molar-refractivity contribution in [3.63, 3.8) is 0 Å². The Hall–Kier alpha value is 0.905. The standard InChI is InChI=1S/2C9H15Si.C2H6Si.2ClH.Ti/c2*1-8-5-6-9(7-8)10(2,3)4;1-3-2;;;/h2*7H,5H2,1-4H3;1-2H3;2*1H;/q2*-1;;;;+2/p-2. The summed E-state index contributed by atoms with van der Waals surface area (Å²) in [5.41, 5.74) is 2.94. The van der Waals surface area contributed by atoms with Crippen LogP contribution < -0.4 is 24.8 Å². The maximum Gasteiger partial charge on any atom is -1.00 e. The number of hydrogen-bond acceptors (Lipinski definition) is 0. The average Bonchev–Trinajstić information content (AvgIpc) is 2.96. The van der Waals surface area contributed by atoms with Crippen LogP contribution in [0.5, 0.6) is 0 Å². The van der Waals surface area contributed by atoms with Gasteiger partial charge in [0.1, 0.15) is 0 Å². The zero-order chi connectivity index (χ0) is 19.1. The number of hydrogen-bond donors (Lipinski definition) is 0. The summed E-state index contributed by atoms with van der Waals surface area (Å²) < 4.78 is 0. The molecule has 0 aromatic rings. The first-order valence-electron chi connectivity index (χ1n) is 8.82. The first-order chi connectivity index (χ1) is 10.7. The first-order valence-corrected chi connectivity index (χ1v) is 20.7. The molecular weight excluding hydrogens is 443 g/mol. The van der Waals surface area contributed by atoms with Gasteiger partial charge in [0, 0.05) is 16.1 Å². The van der Waals surface area contributed by atoms with Gasteiger partial charge in [0.05, 0.1) is 0 Å². The largest absolute Gasteiger partial charge is 1.00 e. The van der Waals surface area contributed by atoms with Gasteiger partial charge in [-0.1, -0.05) is 53.1 Å². The molecule has 0 aliphatic heterocycles. The van der Waals surface area contributed by atoms with Crippen LogP contribution >= 0.6 is 0 Å². The fourth-order valence-corrected chi connectivity index (χ4v) is 4.73. The zero-order valence-corrected chi connectivity index (χ0v) is 24.4. The monoisotopic (exact) mass is 478 g/mol. The maximum atomic E-state index is 3.43. The fraction of sp³-hybridized carbons (Fsp3) is 0.600. The molecule has 0 saturated heterocycles. The van der Waals surface area contributed by atoms with Crippen molar-refractivity contribution in [2.75, 3.05) is 0 Å². The van der Waals surface area contributed by atoms with Gasteiger partial charge in [-0.05, 0) is 0 Å². The Kier molecular flexibility index (Phi) is 17.0. The Labute approximate surface area is 190 Å². The number of halogens is 2. The molecule has 148 valence electrons. The van der Waals surface area contributed by atoms with Crippen molar-refractivity contribution in [1.29, 1.82) is 0 Å². The van der Waals surface area contributed by atoms with Gasteiger partial charge < -0.3 is 24.8 Å². The van der Waals surface area contributed by atoms with Crippen molar-refractivity contribution in [3.8, 4) is 0 Å². The van der Waals surface area contributed by atoms with Crippen LogP contribution in [0.1, 0.15) is 26.7 Å². The van der Waals surface area contributed by atoms with E-state index in [4.69, 9.17) is 0 Å². The Morgan fingerprint density at radius 1 is 0.769 bits per heavy atom. The molecule has 0 fully saturated rings. The molecule has 0 radical (unpaired) electrons. The van der Waals surface area contributed by atoms with E-state index in [0.717, 1.165) is 12.8 Å². The zero-order valence-electron chi connectivity index (χ0n) is 18.3. The van der Waals surface area contributed by atoms with Crippen molar-refractivity contribution in [2.24, 2.45) is 0 Å². The summed E-state index contributed by atoms with van der Waals surface area (Å²) in [6, 6.07) is 0. The summed E-state index contributed by atoms with van der Waals surface area (Å²) in [7, 11) is -2.07. The Morgan fingerprint density at radius 2 is 1.00 bits per heavy atom. The van der Waals surface area contributed by atoms with Crippen LogP contribution in [0.15, 0.2) is 33.7 Å². The van der Waals surface area contributed by atoms with Crippen LogP contribution in [0.3, 0.4) is 0 Å². The van der Waals surface area contributed by atoms with Crippen LogP contribution in [-0.2, 0) is 19.2 Å². The van der Waals surface area contributed by atoms with E-state index in [9.17, 15) is 0 Å². The van der Waals surface area contributed by atoms with Gasteiger partial charge in [-0.3, -0.25) is 12.2 Å². The predicted octanol–water partition coefficient (Wildman–Crippen LogP) is 0.679. The summed E-state index contributed by atoms with van der Waals surface area (Å²) in [4.78, 5) is 0. The molecule has 0 spiro atoms. The topological polar surface area (TPSA) is 0 Å². The number of allylic oxidation sites excluding steroid dienone is 8.